The number of benzene rings is 2. The molecule has 0 bridgehead atoms. The Bertz CT molecular complexity index is 789. The van der Waals surface area contributed by atoms with Crippen LogP contribution >= 0.6 is 11.6 Å². The summed E-state index contributed by atoms with van der Waals surface area (Å²) in [6.45, 7) is 0. The van der Waals surface area contributed by atoms with Crippen molar-refractivity contribution in [2.75, 3.05) is 11.2 Å². The van der Waals surface area contributed by atoms with Crippen LogP contribution in [-0.2, 0) is 10.4 Å². The van der Waals surface area contributed by atoms with Gasteiger partial charge in [-0.25, -0.2) is 0 Å². The Labute approximate surface area is 142 Å². The number of fused-ring (bicyclic) bond motifs is 1. The monoisotopic (exact) mass is 385 g/mol. The molecule has 2 N–H and O–H groups in total. The van der Waals surface area contributed by atoms with E-state index >= 15 is 0 Å². The van der Waals surface area contributed by atoms with E-state index in [1.165, 1.54) is 24.3 Å². The molecule has 0 saturated heterocycles. The van der Waals surface area contributed by atoms with Crippen LogP contribution in [0.15, 0.2) is 36.4 Å². The number of amides is 1. The number of anilines is 1. The maximum atomic E-state index is 13.2. The zero-order valence-corrected chi connectivity index (χ0v) is 12.9. The van der Waals surface area contributed by atoms with E-state index in [2.05, 4.69) is 0 Å². The van der Waals surface area contributed by atoms with Gasteiger partial charge in [0.25, 0.3) is 5.60 Å². The van der Waals surface area contributed by atoms with Crippen LogP contribution in [0.1, 0.15) is 5.56 Å². The second kappa shape index (κ2) is 6.38. The molecule has 136 valence electrons. The minimum absolute atomic E-state index is 0.106. The van der Waals surface area contributed by atoms with Gasteiger partial charge in [0.15, 0.2) is 0 Å². The topological polar surface area (TPSA) is 49.3 Å². The molecule has 1 amide bonds. The summed E-state index contributed by atoms with van der Waals surface area (Å²) in [4.78, 5) is 11.5. The summed E-state index contributed by atoms with van der Waals surface area (Å²) >= 11 is 5.28. The highest BCUT2D eigenvalue weighted by Crippen LogP contribution is 2.52. The number of rotatable bonds is 3. The largest absolute Gasteiger partial charge is 0.430 e. The van der Waals surface area contributed by atoms with Gasteiger partial charge in [0.2, 0.25) is 5.91 Å². The number of halogens is 7. The van der Waals surface area contributed by atoms with Crippen molar-refractivity contribution in [2.45, 2.75) is 18.0 Å². The number of aliphatic hydroxyl groups is 1. The van der Waals surface area contributed by atoms with E-state index in [4.69, 9.17) is 11.6 Å². The van der Waals surface area contributed by atoms with Crippen LogP contribution < -0.4 is 5.32 Å². The van der Waals surface area contributed by atoms with Crippen LogP contribution in [0, 0.1) is 0 Å². The van der Waals surface area contributed by atoms with Gasteiger partial charge in [0.1, 0.15) is 5.88 Å². The number of hydrogen-bond donors (Lipinski definition) is 2. The summed E-state index contributed by atoms with van der Waals surface area (Å²) in [5, 5.41) is 11.7. The van der Waals surface area contributed by atoms with E-state index in [0.717, 1.165) is 6.07 Å². The predicted octanol–water partition coefficient (Wildman–Crippen LogP) is 4.33. The normalized spacial score (nSPS) is 13.1. The molecule has 0 aliphatic carbocycles. The molecule has 0 saturated carbocycles. The summed E-state index contributed by atoms with van der Waals surface area (Å²) in [7, 11) is 0. The molecule has 10 heteroatoms. The molecule has 0 aliphatic heterocycles. The minimum Gasteiger partial charge on any atom is -0.369 e. The number of carbonyl (C=O) groups excluding carboxylic acids is 1. The number of nitrogens with one attached hydrogen (secondary N) is 1. The van der Waals surface area contributed by atoms with Crippen molar-refractivity contribution in [3.63, 3.8) is 0 Å². The van der Waals surface area contributed by atoms with Crippen molar-refractivity contribution in [3.05, 3.63) is 42.0 Å². The number of carbonyl (C=O) groups is 1. The molecule has 0 fully saturated rings. The fourth-order valence-corrected chi connectivity index (χ4v) is 2.41. The lowest BCUT2D eigenvalue weighted by atomic mass is 9.88. The third-order valence-electron chi connectivity index (χ3n) is 3.53. The van der Waals surface area contributed by atoms with E-state index in [1.54, 1.807) is 0 Å². The molecule has 0 aliphatic rings. The quantitative estimate of drug-likeness (QED) is 0.610. The second-order valence-corrected chi connectivity index (χ2v) is 5.36. The zero-order chi connectivity index (χ0) is 19.0. The highest BCUT2D eigenvalue weighted by Gasteiger charge is 2.72. The average molecular weight is 386 g/mol. The molecular formula is C15H10ClF6NO2. The Morgan fingerprint density at radius 1 is 1.00 bits per heavy atom. The molecule has 2 aromatic rings. The van der Waals surface area contributed by atoms with Crippen LogP contribution in [0.4, 0.5) is 32.0 Å². The lowest BCUT2D eigenvalue weighted by molar-refractivity contribution is -0.375. The minimum atomic E-state index is -6.08. The molecule has 0 atom stereocenters. The van der Waals surface area contributed by atoms with Gasteiger partial charge in [-0.1, -0.05) is 36.4 Å². The Morgan fingerprint density at radius 2 is 1.56 bits per heavy atom. The van der Waals surface area contributed by atoms with E-state index in [0.29, 0.717) is 6.07 Å². The third kappa shape index (κ3) is 3.25. The third-order valence-corrected chi connectivity index (χ3v) is 3.77. The molecule has 0 heterocycles. The number of hydrogen-bond acceptors (Lipinski definition) is 2. The van der Waals surface area contributed by atoms with Crippen LogP contribution in [0.25, 0.3) is 10.8 Å². The lowest BCUT2D eigenvalue weighted by Crippen LogP contribution is -2.54. The zero-order valence-electron chi connectivity index (χ0n) is 12.2. The van der Waals surface area contributed by atoms with Crippen LogP contribution in [0.2, 0.25) is 0 Å². The van der Waals surface area contributed by atoms with Gasteiger partial charge >= 0.3 is 12.4 Å². The van der Waals surface area contributed by atoms with Gasteiger partial charge in [-0.15, -0.1) is 11.6 Å². The SMILES string of the molecule is O=C(CCl)Nc1c(C(O)(C(F)(F)F)C(F)(F)F)ccc2ccccc12. The second-order valence-electron chi connectivity index (χ2n) is 5.10. The standard InChI is InChI=1S/C15H10ClF6NO2/c16-7-11(24)23-12-9-4-2-1-3-8(9)5-6-10(12)13(25,14(17,18)19)15(20,21)22/h1-6,25H,7H2,(H,23,24). The van der Waals surface area contributed by atoms with E-state index < -0.39 is 41.0 Å². The predicted molar refractivity (Wildman–Crippen MR) is 79.3 cm³/mol. The summed E-state index contributed by atoms with van der Waals surface area (Å²) in [6.07, 6.45) is -12.2. The van der Waals surface area contributed by atoms with Crippen molar-refractivity contribution in [3.8, 4) is 0 Å². The summed E-state index contributed by atoms with van der Waals surface area (Å²) in [5.41, 5.74) is -7.51. The average Bonchev–Trinajstić information content (AvgIpc) is 2.52. The van der Waals surface area contributed by atoms with Crippen molar-refractivity contribution in [2.24, 2.45) is 0 Å². The first-order valence-corrected chi connectivity index (χ1v) is 7.20. The first-order chi connectivity index (χ1) is 11.4. The summed E-state index contributed by atoms with van der Waals surface area (Å²) < 4.78 is 79.1. The molecule has 0 radical (unpaired) electrons. The molecular weight excluding hydrogens is 376 g/mol. The Balaban J connectivity index is 2.88. The smallest absolute Gasteiger partial charge is 0.369 e. The van der Waals surface area contributed by atoms with E-state index in [1.807, 2.05) is 5.32 Å². The van der Waals surface area contributed by atoms with Gasteiger partial charge in [-0.2, -0.15) is 26.3 Å². The Hall–Kier alpha value is -2.00. The van der Waals surface area contributed by atoms with Crippen LogP contribution in [0.5, 0.6) is 0 Å². The maximum Gasteiger partial charge on any atom is 0.430 e. The molecule has 2 aromatic carbocycles. The fourth-order valence-electron chi connectivity index (χ4n) is 2.35. The van der Waals surface area contributed by atoms with E-state index in [-0.39, 0.29) is 10.8 Å². The first-order valence-electron chi connectivity index (χ1n) is 6.67. The van der Waals surface area contributed by atoms with Gasteiger partial charge < -0.3 is 10.4 Å². The van der Waals surface area contributed by atoms with Crippen molar-refractivity contribution < 1.29 is 36.2 Å². The summed E-state index contributed by atoms with van der Waals surface area (Å²) in [6, 6.07) is 6.99. The highest BCUT2D eigenvalue weighted by atomic mass is 35.5. The van der Waals surface area contributed by atoms with Crippen LogP contribution in [-0.4, -0.2) is 29.2 Å². The van der Waals surface area contributed by atoms with Crippen molar-refractivity contribution in [1.29, 1.82) is 0 Å². The van der Waals surface area contributed by atoms with Crippen molar-refractivity contribution >= 4 is 34.0 Å². The van der Waals surface area contributed by atoms with Gasteiger partial charge in [-0.05, 0) is 5.39 Å². The number of alkyl halides is 7. The van der Waals surface area contributed by atoms with E-state index in [9.17, 15) is 36.2 Å². The maximum absolute atomic E-state index is 13.2. The van der Waals surface area contributed by atoms with Crippen molar-refractivity contribution in [1.82, 2.24) is 0 Å². The lowest BCUT2D eigenvalue weighted by Gasteiger charge is -2.34. The van der Waals surface area contributed by atoms with Gasteiger partial charge in [-0.3, -0.25) is 4.79 Å². The summed E-state index contributed by atoms with van der Waals surface area (Å²) in [5.74, 6) is -1.72. The molecule has 0 aromatic heterocycles. The highest BCUT2D eigenvalue weighted by molar-refractivity contribution is 6.29. The molecule has 0 unspecified atom stereocenters. The first kappa shape index (κ1) is 19.3. The molecule has 2 rings (SSSR count). The molecule has 0 spiro atoms. The molecule has 25 heavy (non-hydrogen) atoms. The van der Waals surface area contributed by atoms with Gasteiger partial charge in [0, 0.05) is 10.9 Å². The van der Waals surface area contributed by atoms with Crippen LogP contribution in [0.3, 0.4) is 0 Å². The molecule has 3 nitrogen and oxygen atoms in total. The Morgan fingerprint density at radius 3 is 2.08 bits per heavy atom. The Kier molecular flexibility index (Phi) is 4.93. The fraction of sp³-hybridized carbons (Fsp3) is 0.267. The van der Waals surface area contributed by atoms with Gasteiger partial charge in [0.05, 0.1) is 5.69 Å².